The molecule has 2 fully saturated rings. The molecule has 1 atom stereocenters. The topological polar surface area (TPSA) is 58.1 Å². The first-order chi connectivity index (χ1) is 14.7. The Morgan fingerprint density at radius 1 is 1.10 bits per heavy atom. The smallest absolute Gasteiger partial charge is 0.191 e. The van der Waals surface area contributed by atoms with Crippen LogP contribution in [0.3, 0.4) is 0 Å². The van der Waals surface area contributed by atoms with Crippen LogP contribution < -0.4 is 15.4 Å². The highest BCUT2D eigenvalue weighted by Crippen LogP contribution is 2.44. The molecule has 2 aliphatic rings. The van der Waals surface area contributed by atoms with Gasteiger partial charge in [-0.05, 0) is 75.2 Å². The van der Waals surface area contributed by atoms with Gasteiger partial charge < -0.3 is 20.1 Å². The number of nitrogens with zero attached hydrogens (tertiary/aromatic N) is 2. The zero-order valence-corrected chi connectivity index (χ0v) is 19.1. The number of aliphatic imine (C=N–C) groups is 1. The molecule has 6 nitrogen and oxygen atoms in total. The normalized spacial score (nSPS) is 19.9. The zero-order valence-electron chi connectivity index (χ0n) is 19.1. The third kappa shape index (κ3) is 6.11. The summed E-state index contributed by atoms with van der Waals surface area (Å²) in [6.45, 7) is 7.87. The first kappa shape index (κ1) is 22.9. The van der Waals surface area contributed by atoms with Crippen LogP contribution in [0.1, 0.15) is 57.1 Å². The fourth-order valence-electron chi connectivity index (χ4n) is 4.60. The molecule has 1 saturated heterocycles. The highest BCUT2D eigenvalue weighted by molar-refractivity contribution is 5.79. The molecule has 1 heterocycles. The molecular weight excluding hydrogens is 376 g/mol. The van der Waals surface area contributed by atoms with E-state index in [-0.39, 0.29) is 0 Å². The Morgan fingerprint density at radius 3 is 2.40 bits per heavy atom. The SMILES string of the molecule is CCNC(=NCC1(CCOC)CCC1)NCC(c1ccc(OC)cc1)N1CCCC1. The van der Waals surface area contributed by atoms with Gasteiger partial charge in [0.2, 0.25) is 0 Å². The van der Waals surface area contributed by atoms with Crippen molar-refractivity contribution in [1.82, 2.24) is 15.5 Å². The summed E-state index contributed by atoms with van der Waals surface area (Å²) in [5.41, 5.74) is 1.67. The largest absolute Gasteiger partial charge is 0.497 e. The zero-order chi connectivity index (χ0) is 21.2. The predicted molar refractivity (Wildman–Crippen MR) is 123 cm³/mol. The lowest BCUT2D eigenvalue weighted by atomic mass is 9.67. The molecule has 1 unspecified atom stereocenters. The Labute approximate surface area is 182 Å². The highest BCUT2D eigenvalue weighted by Gasteiger charge is 2.36. The molecule has 0 spiro atoms. The second-order valence-electron chi connectivity index (χ2n) is 8.70. The van der Waals surface area contributed by atoms with Crippen molar-refractivity contribution in [3.05, 3.63) is 29.8 Å². The van der Waals surface area contributed by atoms with Gasteiger partial charge in [0, 0.05) is 33.4 Å². The summed E-state index contributed by atoms with van der Waals surface area (Å²) in [5, 5.41) is 7.08. The van der Waals surface area contributed by atoms with Gasteiger partial charge in [-0.1, -0.05) is 18.6 Å². The minimum absolute atomic E-state index is 0.336. The Morgan fingerprint density at radius 2 is 1.83 bits per heavy atom. The van der Waals surface area contributed by atoms with Crippen LogP contribution in [-0.2, 0) is 4.74 Å². The van der Waals surface area contributed by atoms with Crippen LogP contribution in [0.15, 0.2) is 29.3 Å². The van der Waals surface area contributed by atoms with Crippen molar-refractivity contribution >= 4 is 5.96 Å². The molecule has 0 amide bonds. The van der Waals surface area contributed by atoms with E-state index in [1.807, 2.05) is 0 Å². The number of hydrogen-bond acceptors (Lipinski definition) is 4. The van der Waals surface area contributed by atoms with Gasteiger partial charge in [-0.2, -0.15) is 0 Å². The molecule has 2 N–H and O–H groups in total. The maximum Gasteiger partial charge on any atom is 0.191 e. The van der Waals surface area contributed by atoms with Gasteiger partial charge in [0.05, 0.1) is 13.2 Å². The van der Waals surface area contributed by atoms with Crippen molar-refractivity contribution in [1.29, 1.82) is 0 Å². The standard InChI is InChI=1S/C24H40N4O2/c1-4-25-23(27-19-24(12-7-13-24)14-17-29-2)26-18-22(28-15-5-6-16-28)20-8-10-21(30-3)11-9-20/h8-11,22H,4-7,12-19H2,1-3H3,(H2,25,26,27). The molecule has 30 heavy (non-hydrogen) atoms. The van der Waals surface area contributed by atoms with Gasteiger partial charge in [0.1, 0.15) is 5.75 Å². The molecule has 1 aliphatic heterocycles. The van der Waals surface area contributed by atoms with Crippen molar-refractivity contribution in [2.75, 3.05) is 53.6 Å². The fourth-order valence-corrected chi connectivity index (χ4v) is 4.60. The Balaban J connectivity index is 1.65. The van der Waals surface area contributed by atoms with E-state index in [1.165, 1.54) is 37.7 Å². The molecule has 6 heteroatoms. The molecule has 1 saturated carbocycles. The molecule has 1 aliphatic carbocycles. The number of guanidine groups is 1. The van der Waals surface area contributed by atoms with E-state index < -0.39 is 0 Å². The van der Waals surface area contributed by atoms with Gasteiger partial charge >= 0.3 is 0 Å². The van der Waals surface area contributed by atoms with E-state index >= 15 is 0 Å². The summed E-state index contributed by atoms with van der Waals surface area (Å²) in [7, 11) is 3.51. The van der Waals surface area contributed by atoms with Gasteiger partial charge in [0.25, 0.3) is 0 Å². The van der Waals surface area contributed by atoms with Crippen LogP contribution in [0.4, 0.5) is 0 Å². The average molecular weight is 417 g/mol. The first-order valence-corrected chi connectivity index (χ1v) is 11.6. The van der Waals surface area contributed by atoms with E-state index in [0.717, 1.165) is 57.5 Å². The lowest BCUT2D eigenvalue weighted by Crippen LogP contribution is -2.44. The Bertz CT molecular complexity index is 652. The first-order valence-electron chi connectivity index (χ1n) is 11.6. The minimum atomic E-state index is 0.336. The van der Waals surface area contributed by atoms with Crippen LogP contribution in [0, 0.1) is 5.41 Å². The van der Waals surface area contributed by atoms with Crippen LogP contribution in [0.2, 0.25) is 0 Å². The predicted octanol–water partition coefficient (Wildman–Crippen LogP) is 3.59. The van der Waals surface area contributed by atoms with Gasteiger partial charge in [-0.15, -0.1) is 0 Å². The summed E-state index contributed by atoms with van der Waals surface area (Å²) >= 11 is 0. The molecular formula is C24H40N4O2. The van der Waals surface area contributed by atoms with Crippen molar-refractivity contribution in [2.45, 2.75) is 51.5 Å². The van der Waals surface area contributed by atoms with Crippen LogP contribution >= 0.6 is 0 Å². The van der Waals surface area contributed by atoms with E-state index in [9.17, 15) is 0 Å². The van der Waals surface area contributed by atoms with Gasteiger partial charge in [-0.25, -0.2) is 0 Å². The second-order valence-corrected chi connectivity index (χ2v) is 8.70. The summed E-state index contributed by atoms with van der Waals surface area (Å²) in [5.74, 6) is 1.84. The molecule has 3 rings (SSSR count). The third-order valence-corrected chi connectivity index (χ3v) is 6.71. The number of rotatable bonds is 11. The quantitative estimate of drug-likeness (QED) is 0.426. The molecule has 1 aromatic carbocycles. The number of methoxy groups -OCH3 is 2. The maximum absolute atomic E-state index is 5.35. The number of benzene rings is 1. The fraction of sp³-hybridized carbons (Fsp3) is 0.708. The maximum atomic E-state index is 5.35. The van der Waals surface area contributed by atoms with Crippen LogP contribution in [0.5, 0.6) is 5.75 Å². The van der Waals surface area contributed by atoms with E-state index in [0.29, 0.717) is 11.5 Å². The lowest BCUT2D eigenvalue weighted by molar-refractivity contribution is 0.0778. The van der Waals surface area contributed by atoms with Gasteiger partial charge in [0.15, 0.2) is 5.96 Å². The minimum Gasteiger partial charge on any atom is -0.497 e. The van der Waals surface area contributed by atoms with Crippen molar-refractivity contribution in [3.63, 3.8) is 0 Å². The van der Waals surface area contributed by atoms with Gasteiger partial charge in [-0.3, -0.25) is 9.89 Å². The summed E-state index contributed by atoms with van der Waals surface area (Å²) in [4.78, 5) is 7.57. The number of nitrogens with one attached hydrogen (secondary N) is 2. The average Bonchev–Trinajstić information content (AvgIpc) is 3.27. The summed E-state index contributed by atoms with van der Waals surface area (Å²) in [6.07, 6.45) is 7.51. The Hall–Kier alpha value is -1.79. The van der Waals surface area contributed by atoms with E-state index in [1.54, 1.807) is 14.2 Å². The monoisotopic (exact) mass is 416 g/mol. The summed E-state index contributed by atoms with van der Waals surface area (Å²) < 4.78 is 10.7. The lowest BCUT2D eigenvalue weighted by Gasteiger charge is -2.41. The summed E-state index contributed by atoms with van der Waals surface area (Å²) in [6, 6.07) is 8.86. The van der Waals surface area contributed by atoms with Crippen molar-refractivity contribution in [2.24, 2.45) is 10.4 Å². The number of likely N-dealkylation sites (tertiary alicyclic amines) is 1. The van der Waals surface area contributed by atoms with Crippen LogP contribution in [0.25, 0.3) is 0 Å². The second kappa shape index (κ2) is 11.6. The molecule has 0 radical (unpaired) electrons. The Kier molecular flexibility index (Phi) is 8.82. The van der Waals surface area contributed by atoms with Crippen molar-refractivity contribution in [3.8, 4) is 5.75 Å². The molecule has 1 aromatic rings. The van der Waals surface area contributed by atoms with E-state index in [4.69, 9.17) is 14.5 Å². The number of ether oxygens (including phenoxy) is 2. The van der Waals surface area contributed by atoms with Crippen LogP contribution in [-0.4, -0.2) is 64.4 Å². The molecule has 0 bridgehead atoms. The van der Waals surface area contributed by atoms with Crippen molar-refractivity contribution < 1.29 is 9.47 Å². The third-order valence-electron chi connectivity index (χ3n) is 6.71. The molecule has 0 aromatic heterocycles. The molecule has 168 valence electrons. The highest BCUT2D eigenvalue weighted by atomic mass is 16.5. The number of hydrogen-bond donors (Lipinski definition) is 2. The van der Waals surface area contributed by atoms with E-state index in [2.05, 4.69) is 46.7 Å².